The predicted molar refractivity (Wildman–Crippen MR) is 88.5 cm³/mol. The maximum atomic E-state index is 4.69. The second kappa shape index (κ2) is 4.97. The Morgan fingerprint density at radius 3 is 3.00 bits per heavy atom. The number of aromatic amines is 1. The lowest BCUT2D eigenvalue weighted by molar-refractivity contribution is 0.548. The first-order valence-electron chi connectivity index (χ1n) is 7.19. The first-order valence-corrected chi connectivity index (χ1v) is 7.98. The molecule has 2 aromatic heterocycles. The average Bonchev–Trinajstić information content (AvgIpc) is 2.85. The summed E-state index contributed by atoms with van der Waals surface area (Å²) in [5, 5.41) is 4.91. The zero-order valence-electron chi connectivity index (χ0n) is 11.8. The smallest absolute Gasteiger partial charge is 0.0906 e. The number of rotatable bonds is 1. The molecule has 106 valence electrons. The van der Waals surface area contributed by atoms with Crippen molar-refractivity contribution in [1.29, 1.82) is 0 Å². The molecule has 3 aromatic rings. The lowest BCUT2D eigenvalue weighted by Crippen LogP contribution is -2.31. The molecule has 0 saturated carbocycles. The molecule has 0 amide bonds. The van der Waals surface area contributed by atoms with Gasteiger partial charge in [0.2, 0.25) is 0 Å². The number of nitrogens with zero attached hydrogens (tertiary/aromatic N) is 1. The van der Waals surface area contributed by atoms with Crippen molar-refractivity contribution in [2.45, 2.75) is 19.4 Å². The Bertz CT molecular complexity index is 822. The van der Waals surface area contributed by atoms with Crippen LogP contribution in [0.1, 0.15) is 28.7 Å². The zero-order valence-corrected chi connectivity index (χ0v) is 13.4. The molecular formula is C17H16BrN3. The molecule has 4 rings (SSSR count). The van der Waals surface area contributed by atoms with Crippen LogP contribution in [0.5, 0.6) is 0 Å². The maximum Gasteiger partial charge on any atom is 0.0906 e. The molecule has 0 aliphatic carbocycles. The number of hydrogen-bond donors (Lipinski definition) is 2. The fourth-order valence-electron chi connectivity index (χ4n) is 3.18. The summed E-state index contributed by atoms with van der Waals surface area (Å²) in [6.45, 7) is 3.02. The number of aryl methyl sites for hydroxylation is 1. The lowest BCUT2D eigenvalue weighted by Gasteiger charge is -2.24. The predicted octanol–water partition coefficient (Wildman–Crippen LogP) is 3.87. The Hall–Kier alpha value is -1.65. The molecular weight excluding hydrogens is 326 g/mol. The van der Waals surface area contributed by atoms with E-state index in [0.717, 1.165) is 28.8 Å². The highest BCUT2D eigenvalue weighted by Gasteiger charge is 2.26. The van der Waals surface area contributed by atoms with Crippen LogP contribution < -0.4 is 5.32 Å². The van der Waals surface area contributed by atoms with Crippen molar-refractivity contribution in [2.24, 2.45) is 0 Å². The van der Waals surface area contributed by atoms with Crippen LogP contribution in [-0.4, -0.2) is 16.5 Å². The number of aromatic nitrogens is 2. The molecule has 1 atom stereocenters. The zero-order chi connectivity index (χ0) is 14.4. The summed E-state index contributed by atoms with van der Waals surface area (Å²) in [4.78, 5) is 8.28. The summed E-state index contributed by atoms with van der Waals surface area (Å²) in [6.07, 6.45) is 1.05. The van der Waals surface area contributed by atoms with E-state index in [4.69, 9.17) is 4.98 Å². The molecule has 2 N–H and O–H groups in total. The van der Waals surface area contributed by atoms with E-state index in [1.54, 1.807) is 0 Å². The van der Waals surface area contributed by atoms with Gasteiger partial charge in [-0.15, -0.1) is 0 Å². The van der Waals surface area contributed by atoms with Crippen LogP contribution in [0.4, 0.5) is 0 Å². The molecule has 0 spiro atoms. The number of benzene rings is 1. The third kappa shape index (κ3) is 2.19. The van der Waals surface area contributed by atoms with Gasteiger partial charge >= 0.3 is 0 Å². The minimum atomic E-state index is 0.153. The average molecular weight is 342 g/mol. The largest absolute Gasteiger partial charge is 0.357 e. The second-order valence-electron chi connectivity index (χ2n) is 5.55. The van der Waals surface area contributed by atoms with Crippen molar-refractivity contribution in [3.8, 4) is 0 Å². The fraction of sp³-hybridized carbons (Fsp3) is 0.235. The second-order valence-corrected chi connectivity index (χ2v) is 6.46. The van der Waals surface area contributed by atoms with Gasteiger partial charge in [-0.05, 0) is 49.2 Å². The van der Waals surface area contributed by atoms with Gasteiger partial charge in [0.15, 0.2) is 0 Å². The van der Waals surface area contributed by atoms with E-state index in [9.17, 15) is 0 Å². The molecule has 21 heavy (non-hydrogen) atoms. The number of fused-ring (bicyclic) bond motifs is 3. The monoisotopic (exact) mass is 341 g/mol. The minimum Gasteiger partial charge on any atom is -0.357 e. The van der Waals surface area contributed by atoms with Gasteiger partial charge in [0.1, 0.15) is 0 Å². The molecule has 1 unspecified atom stereocenters. The summed E-state index contributed by atoms with van der Waals surface area (Å²) in [6, 6.07) is 12.8. The van der Waals surface area contributed by atoms with Crippen LogP contribution in [0, 0.1) is 6.92 Å². The van der Waals surface area contributed by atoms with Crippen LogP contribution in [0.15, 0.2) is 40.9 Å². The van der Waals surface area contributed by atoms with Gasteiger partial charge in [0.05, 0.1) is 11.7 Å². The van der Waals surface area contributed by atoms with Crippen molar-refractivity contribution in [3.05, 3.63) is 63.5 Å². The molecule has 3 heterocycles. The van der Waals surface area contributed by atoms with E-state index >= 15 is 0 Å². The molecule has 1 aliphatic heterocycles. The van der Waals surface area contributed by atoms with Crippen LogP contribution >= 0.6 is 15.9 Å². The highest BCUT2D eigenvalue weighted by atomic mass is 79.9. The summed E-state index contributed by atoms with van der Waals surface area (Å²) in [5.74, 6) is 0. The summed E-state index contributed by atoms with van der Waals surface area (Å²) >= 11 is 3.57. The van der Waals surface area contributed by atoms with Crippen molar-refractivity contribution in [2.75, 3.05) is 6.54 Å². The fourth-order valence-corrected chi connectivity index (χ4v) is 3.54. The molecule has 0 fully saturated rings. The first-order chi connectivity index (χ1) is 10.2. The van der Waals surface area contributed by atoms with Crippen molar-refractivity contribution < 1.29 is 0 Å². The highest BCUT2D eigenvalue weighted by molar-refractivity contribution is 9.10. The molecule has 1 aromatic carbocycles. The number of pyridine rings is 1. The standard InChI is InChI=1S/C17H16BrN3/c1-10-3-2-4-15(20-10)17-16-12(7-8-19-17)13-9-11(18)5-6-14(13)21-16/h2-6,9,17,19,21H,7-8H2,1H3. The van der Waals surface area contributed by atoms with Gasteiger partial charge in [-0.3, -0.25) is 4.98 Å². The van der Waals surface area contributed by atoms with Gasteiger partial charge in [-0.25, -0.2) is 0 Å². The Labute approximate surface area is 131 Å². The highest BCUT2D eigenvalue weighted by Crippen LogP contribution is 2.34. The third-order valence-electron chi connectivity index (χ3n) is 4.12. The van der Waals surface area contributed by atoms with Gasteiger partial charge in [0, 0.05) is 33.3 Å². The van der Waals surface area contributed by atoms with Gasteiger partial charge in [-0.2, -0.15) is 0 Å². The van der Waals surface area contributed by atoms with E-state index in [-0.39, 0.29) is 6.04 Å². The van der Waals surface area contributed by atoms with Crippen LogP contribution in [-0.2, 0) is 6.42 Å². The van der Waals surface area contributed by atoms with E-state index in [1.165, 1.54) is 22.2 Å². The molecule has 3 nitrogen and oxygen atoms in total. The normalized spacial score (nSPS) is 17.9. The molecule has 1 aliphatic rings. The SMILES string of the molecule is Cc1cccc(C2NCCc3c2[nH]c2ccc(Br)cc32)n1. The van der Waals surface area contributed by atoms with Crippen LogP contribution in [0.3, 0.4) is 0 Å². The van der Waals surface area contributed by atoms with E-state index in [1.807, 2.05) is 13.0 Å². The third-order valence-corrected chi connectivity index (χ3v) is 4.61. The van der Waals surface area contributed by atoms with Crippen molar-refractivity contribution >= 4 is 26.8 Å². The lowest BCUT2D eigenvalue weighted by atomic mass is 9.97. The van der Waals surface area contributed by atoms with E-state index < -0.39 is 0 Å². The molecule has 0 radical (unpaired) electrons. The Balaban J connectivity index is 1.90. The van der Waals surface area contributed by atoms with Crippen molar-refractivity contribution in [3.63, 3.8) is 0 Å². The maximum absolute atomic E-state index is 4.69. The van der Waals surface area contributed by atoms with Crippen LogP contribution in [0.25, 0.3) is 10.9 Å². The summed E-state index contributed by atoms with van der Waals surface area (Å²) in [7, 11) is 0. The molecule has 0 saturated heterocycles. The van der Waals surface area contributed by atoms with E-state index in [0.29, 0.717) is 0 Å². The van der Waals surface area contributed by atoms with E-state index in [2.05, 4.69) is 56.6 Å². The Morgan fingerprint density at radius 1 is 1.24 bits per heavy atom. The molecule has 4 heteroatoms. The number of hydrogen-bond acceptors (Lipinski definition) is 2. The van der Waals surface area contributed by atoms with Gasteiger partial charge < -0.3 is 10.3 Å². The summed E-state index contributed by atoms with van der Waals surface area (Å²) < 4.78 is 1.13. The first kappa shape index (κ1) is 13.0. The number of nitrogens with one attached hydrogen (secondary N) is 2. The van der Waals surface area contributed by atoms with Gasteiger partial charge in [0.25, 0.3) is 0 Å². The Kier molecular flexibility index (Phi) is 3.08. The minimum absolute atomic E-state index is 0.153. The van der Waals surface area contributed by atoms with Gasteiger partial charge in [-0.1, -0.05) is 22.0 Å². The topological polar surface area (TPSA) is 40.7 Å². The van der Waals surface area contributed by atoms with Crippen molar-refractivity contribution in [1.82, 2.24) is 15.3 Å². The number of halogens is 1. The quantitative estimate of drug-likeness (QED) is 0.705. The molecule has 0 bridgehead atoms. The Morgan fingerprint density at radius 2 is 2.14 bits per heavy atom. The summed E-state index contributed by atoms with van der Waals surface area (Å²) in [5.41, 5.74) is 6.01. The van der Waals surface area contributed by atoms with Crippen LogP contribution in [0.2, 0.25) is 0 Å². The number of H-pyrrole nitrogens is 1.